The average Bonchev–Trinajstić information content (AvgIpc) is 3.14. The van der Waals surface area contributed by atoms with E-state index in [0.717, 1.165) is 24.6 Å². The first-order valence-corrected chi connectivity index (χ1v) is 6.21. The monoisotopic (exact) mass is 219 g/mol. The molecule has 1 fully saturated rings. The zero-order valence-electron chi connectivity index (χ0n) is 10.2. The van der Waals surface area contributed by atoms with Crippen molar-refractivity contribution in [3.05, 3.63) is 29.8 Å². The summed E-state index contributed by atoms with van der Waals surface area (Å²) in [6.07, 6.45) is 3.90. The van der Waals surface area contributed by atoms with E-state index in [0.29, 0.717) is 6.04 Å². The Kier molecular flexibility index (Phi) is 3.83. The van der Waals surface area contributed by atoms with Crippen LogP contribution in [0.5, 0.6) is 5.75 Å². The molecule has 0 bridgehead atoms. The standard InChI is InChI=1S/C14H21NO/c1-3-13(15-10-11-8-9-11)12-6-4-5-7-14(12)16-2/h4-7,11,13,15H,3,8-10H2,1-2H3. The summed E-state index contributed by atoms with van der Waals surface area (Å²) >= 11 is 0. The molecule has 0 aromatic heterocycles. The summed E-state index contributed by atoms with van der Waals surface area (Å²) in [5.41, 5.74) is 1.29. The van der Waals surface area contributed by atoms with E-state index in [4.69, 9.17) is 4.74 Å². The normalized spacial score (nSPS) is 17.1. The molecule has 1 aromatic carbocycles. The molecule has 0 aliphatic heterocycles. The van der Waals surface area contributed by atoms with Crippen molar-refractivity contribution in [2.75, 3.05) is 13.7 Å². The second kappa shape index (κ2) is 5.35. The third-order valence-corrected chi connectivity index (χ3v) is 3.27. The van der Waals surface area contributed by atoms with E-state index in [1.807, 2.05) is 12.1 Å². The minimum Gasteiger partial charge on any atom is -0.496 e. The highest BCUT2D eigenvalue weighted by molar-refractivity contribution is 5.35. The molecule has 0 heterocycles. The fourth-order valence-electron chi connectivity index (χ4n) is 2.06. The van der Waals surface area contributed by atoms with Crippen LogP contribution >= 0.6 is 0 Å². The van der Waals surface area contributed by atoms with Crippen molar-refractivity contribution in [2.24, 2.45) is 5.92 Å². The van der Waals surface area contributed by atoms with E-state index in [-0.39, 0.29) is 0 Å². The molecular weight excluding hydrogens is 198 g/mol. The van der Waals surface area contributed by atoms with Crippen molar-refractivity contribution in [3.8, 4) is 5.75 Å². The Bertz CT molecular complexity index is 333. The Labute approximate surface area is 98.0 Å². The lowest BCUT2D eigenvalue weighted by Crippen LogP contribution is -2.23. The Balaban J connectivity index is 2.04. The van der Waals surface area contributed by atoms with Gasteiger partial charge in [0, 0.05) is 11.6 Å². The lowest BCUT2D eigenvalue weighted by atomic mass is 10.0. The summed E-state index contributed by atoms with van der Waals surface area (Å²) in [4.78, 5) is 0. The highest BCUT2D eigenvalue weighted by atomic mass is 16.5. The minimum absolute atomic E-state index is 0.428. The Morgan fingerprint density at radius 3 is 2.75 bits per heavy atom. The lowest BCUT2D eigenvalue weighted by Gasteiger charge is -2.19. The van der Waals surface area contributed by atoms with Crippen LogP contribution in [-0.4, -0.2) is 13.7 Å². The topological polar surface area (TPSA) is 21.3 Å². The van der Waals surface area contributed by atoms with Crippen molar-refractivity contribution in [2.45, 2.75) is 32.2 Å². The van der Waals surface area contributed by atoms with Crippen LogP contribution in [0.1, 0.15) is 37.8 Å². The Morgan fingerprint density at radius 1 is 1.38 bits per heavy atom. The third kappa shape index (κ3) is 2.76. The largest absolute Gasteiger partial charge is 0.496 e. The van der Waals surface area contributed by atoms with Crippen LogP contribution in [0.25, 0.3) is 0 Å². The summed E-state index contributed by atoms with van der Waals surface area (Å²) < 4.78 is 5.41. The predicted molar refractivity (Wildman–Crippen MR) is 66.8 cm³/mol. The van der Waals surface area contributed by atoms with Crippen LogP contribution in [0.4, 0.5) is 0 Å². The second-order valence-electron chi connectivity index (χ2n) is 4.55. The van der Waals surface area contributed by atoms with Crippen molar-refractivity contribution in [1.29, 1.82) is 0 Å². The van der Waals surface area contributed by atoms with Crippen LogP contribution < -0.4 is 10.1 Å². The zero-order valence-corrected chi connectivity index (χ0v) is 10.2. The van der Waals surface area contributed by atoms with Gasteiger partial charge in [0.05, 0.1) is 7.11 Å². The van der Waals surface area contributed by atoms with E-state index in [1.54, 1.807) is 7.11 Å². The molecule has 0 spiro atoms. The molecule has 0 saturated heterocycles. The summed E-state index contributed by atoms with van der Waals surface area (Å²) in [7, 11) is 1.74. The van der Waals surface area contributed by atoms with E-state index in [9.17, 15) is 0 Å². The zero-order chi connectivity index (χ0) is 11.4. The first-order chi connectivity index (χ1) is 7.85. The molecule has 2 nitrogen and oxygen atoms in total. The van der Waals surface area contributed by atoms with Crippen molar-refractivity contribution < 1.29 is 4.74 Å². The van der Waals surface area contributed by atoms with Gasteiger partial charge in [0.2, 0.25) is 0 Å². The molecule has 16 heavy (non-hydrogen) atoms. The number of nitrogens with one attached hydrogen (secondary N) is 1. The molecule has 1 atom stereocenters. The highest BCUT2D eigenvalue weighted by Crippen LogP contribution is 2.31. The molecule has 0 radical (unpaired) electrons. The SMILES string of the molecule is CCC(NCC1CC1)c1ccccc1OC. The summed E-state index contributed by atoms with van der Waals surface area (Å²) in [5, 5.41) is 3.64. The first-order valence-electron chi connectivity index (χ1n) is 6.21. The molecule has 2 heteroatoms. The molecule has 2 rings (SSSR count). The second-order valence-corrected chi connectivity index (χ2v) is 4.55. The van der Waals surface area contributed by atoms with Gasteiger partial charge in [-0.1, -0.05) is 25.1 Å². The lowest BCUT2D eigenvalue weighted by molar-refractivity contribution is 0.395. The maximum absolute atomic E-state index is 5.41. The van der Waals surface area contributed by atoms with Gasteiger partial charge in [-0.2, -0.15) is 0 Å². The Morgan fingerprint density at radius 2 is 2.12 bits per heavy atom. The summed E-state index contributed by atoms with van der Waals surface area (Å²) in [6, 6.07) is 8.73. The van der Waals surface area contributed by atoms with Gasteiger partial charge in [-0.05, 0) is 37.8 Å². The van der Waals surface area contributed by atoms with E-state index >= 15 is 0 Å². The van der Waals surface area contributed by atoms with Crippen LogP contribution in [0.15, 0.2) is 24.3 Å². The van der Waals surface area contributed by atoms with Gasteiger partial charge < -0.3 is 10.1 Å². The van der Waals surface area contributed by atoms with E-state index < -0.39 is 0 Å². The smallest absolute Gasteiger partial charge is 0.123 e. The summed E-state index contributed by atoms with van der Waals surface area (Å²) in [5.74, 6) is 1.92. The van der Waals surface area contributed by atoms with Crippen molar-refractivity contribution in [1.82, 2.24) is 5.32 Å². The quantitative estimate of drug-likeness (QED) is 0.793. The molecule has 1 aromatic rings. The van der Waals surface area contributed by atoms with Gasteiger partial charge in [0.1, 0.15) is 5.75 Å². The third-order valence-electron chi connectivity index (χ3n) is 3.27. The Hall–Kier alpha value is -1.02. The van der Waals surface area contributed by atoms with E-state index in [1.165, 1.54) is 18.4 Å². The van der Waals surface area contributed by atoms with Gasteiger partial charge in [0.25, 0.3) is 0 Å². The molecule has 1 unspecified atom stereocenters. The highest BCUT2D eigenvalue weighted by Gasteiger charge is 2.22. The van der Waals surface area contributed by atoms with Gasteiger partial charge in [-0.3, -0.25) is 0 Å². The fourth-order valence-corrected chi connectivity index (χ4v) is 2.06. The molecule has 1 N–H and O–H groups in total. The van der Waals surface area contributed by atoms with Crippen LogP contribution in [-0.2, 0) is 0 Å². The van der Waals surface area contributed by atoms with Crippen molar-refractivity contribution in [3.63, 3.8) is 0 Å². The minimum atomic E-state index is 0.428. The first kappa shape index (κ1) is 11.5. The number of benzene rings is 1. The number of para-hydroxylation sites is 1. The van der Waals surface area contributed by atoms with Gasteiger partial charge in [0.15, 0.2) is 0 Å². The number of hydrogen-bond donors (Lipinski definition) is 1. The number of ether oxygens (including phenoxy) is 1. The predicted octanol–water partition coefficient (Wildman–Crippen LogP) is 3.15. The van der Waals surface area contributed by atoms with Gasteiger partial charge in [-0.25, -0.2) is 0 Å². The summed E-state index contributed by atoms with van der Waals surface area (Å²) in [6.45, 7) is 3.37. The fraction of sp³-hybridized carbons (Fsp3) is 0.571. The molecule has 88 valence electrons. The maximum Gasteiger partial charge on any atom is 0.123 e. The molecule has 0 amide bonds. The number of rotatable bonds is 6. The van der Waals surface area contributed by atoms with Crippen LogP contribution in [0, 0.1) is 5.92 Å². The molecular formula is C14H21NO. The number of methoxy groups -OCH3 is 1. The molecule has 1 aliphatic rings. The number of hydrogen-bond acceptors (Lipinski definition) is 2. The van der Waals surface area contributed by atoms with Gasteiger partial charge in [-0.15, -0.1) is 0 Å². The maximum atomic E-state index is 5.41. The van der Waals surface area contributed by atoms with Crippen LogP contribution in [0.3, 0.4) is 0 Å². The molecule has 1 aliphatic carbocycles. The van der Waals surface area contributed by atoms with E-state index in [2.05, 4.69) is 24.4 Å². The molecule has 1 saturated carbocycles. The van der Waals surface area contributed by atoms with Crippen LogP contribution in [0.2, 0.25) is 0 Å². The van der Waals surface area contributed by atoms with Crippen molar-refractivity contribution >= 4 is 0 Å². The average molecular weight is 219 g/mol. The van der Waals surface area contributed by atoms with Gasteiger partial charge >= 0.3 is 0 Å².